The van der Waals surface area contributed by atoms with Crippen LogP contribution in [0.4, 0.5) is 5.69 Å². The van der Waals surface area contributed by atoms with Gasteiger partial charge in [-0.15, -0.1) is 0 Å². The third-order valence-corrected chi connectivity index (χ3v) is 4.85. The molecule has 1 amide bonds. The SMILES string of the molecule is Cn1cnc2c1c(=O)n(CC(=O)Nc1ccc(Cl)cc1-n1cccc1)c(=O)n2C. The zero-order chi connectivity index (χ0) is 20.7. The molecule has 4 aromatic rings. The van der Waals surface area contributed by atoms with Crippen LogP contribution < -0.4 is 16.6 Å². The second-order valence-corrected chi connectivity index (χ2v) is 7.00. The van der Waals surface area contributed by atoms with E-state index in [-0.39, 0.29) is 11.2 Å². The molecule has 0 aliphatic rings. The van der Waals surface area contributed by atoms with E-state index in [1.54, 1.807) is 29.8 Å². The number of nitrogens with one attached hydrogen (secondary N) is 1. The number of carbonyl (C=O) groups is 1. The van der Waals surface area contributed by atoms with Gasteiger partial charge in [0, 0.05) is 31.5 Å². The Morgan fingerprint density at radius 2 is 1.90 bits per heavy atom. The van der Waals surface area contributed by atoms with Crippen molar-refractivity contribution in [1.82, 2.24) is 23.3 Å². The molecule has 0 radical (unpaired) electrons. The highest BCUT2D eigenvalue weighted by molar-refractivity contribution is 6.30. The predicted octanol–water partition coefficient (Wildman–Crippen LogP) is 1.52. The summed E-state index contributed by atoms with van der Waals surface area (Å²) in [7, 11) is 3.16. The number of rotatable bonds is 4. The van der Waals surface area contributed by atoms with Crippen LogP contribution in [0.2, 0.25) is 5.02 Å². The first kappa shape index (κ1) is 18.8. The highest BCUT2D eigenvalue weighted by Crippen LogP contribution is 2.24. The molecule has 0 unspecified atom stereocenters. The van der Waals surface area contributed by atoms with E-state index in [4.69, 9.17) is 11.6 Å². The Morgan fingerprint density at radius 3 is 2.62 bits per heavy atom. The number of hydrogen-bond donors (Lipinski definition) is 1. The van der Waals surface area contributed by atoms with E-state index in [2.05, 4.69) is 10.3 Å². The molecule has 3 heterocycles. The number of nitrogens with zero attached hydrogens (tertiary/aromatic N) is 5. The fourth-order valence-corrected chi connectivity index (χ4v) is 3.35. The Morgan fingerprint density at radius 1 is 1.17 bits per heavy atom. The fraction of sp³-hybridized carbons (Fsp3) is 0.158. The second kappa shape index (κ2) is 7.10. The molecule has 9 nitrogen and oxygen atoms in total. The first-order valence-corrected chi connectivity index (χ1v) is 9.08. The van der Waals surface area contributed by atoms with Crippen LogP contribution in [0, 0.1) is 0 Å². The van der Waals surface area contributed by atoms with Gasteiger partial charge in [-0.2, -0.15) is 0 Å². The number of amides is 1. The van der Waals surface area contributed by atoms with Gasteiger partial charge in [-0.1, -0.05) is 11.6 Å². The summed E-state index contributed by atoms with van der Waals surface area (Å²) in [5, 5.41) is 3.27. The summed E-state index contributed by atoms with van der Waals surface area (Å²) in [4.78, 5) is 42.1. The maximum atomic E-state index is 12.8. The average Bonchev–Trinajstić information content (AvgIpc) is 3.35. The van der Waals surface area contributed by atoms with Crippen molar-refractivity contribution < 1.29 is 4.79 Å². The minimum atomic E-state index is -0.613. The van der Waals surface area contributed by atoms with E-state index in [1.807, 2.05) is 24.5 Å². The molecule has 0 saturated carbocycles. The topological polar surface area (TPSA) is 95.8 Å². The van der Waals surface area contributed by atoms with Crippen molar-refractivity contribution >= 4 is 34.4 Å². The van der Waals surface area contributed by atoms with Crippen LogP contribution in [-0.4, -0.2) is 29.2 Å². The Kier molecular flexibility index (Phi) is 4.59. The van der Waals surface area contributed by atoms with Crippen molar-refractivity contribution in [2.24, 2.45) is 14.1 Å². The zero-order valence-electron chi connectivity index (χ0n) is 15.7. The van der Waals surface area contributed by atoms with Gasteiger partial charge in [-0.05, 0) is 30.3 Å². The Balaban J connectivity index is 1.70. The van der Waals surface area contributed by atoms with Crippen LogP contribution in [0.25, 0.3) is 16.9 Å². The van der Waals surface area contributed by atoms with Crippen LogP contribution in [0.5, 0.6) is 0 Å². The van der Waals surface area contributed by atoms with Crippen molar-refractivity contribution in [1.29, 1.82) is 0 Å². The van der Waals surface area contributed by atoms with E-state index in [0.717, 1.165) is 4.57 Å². The van der Waals surface area contributed by atoms with Crippen LogP contribution in [0.15, 0.2) is 58.6 Å². The number of anilines is 1. The molecule has 0 saturated heterocycles. The highest BCUT2D eigenvalue weighted by Gasteiger charge is 2.17. The first-order chi connectivity index (χ1) is 13.9. The molecule has 29 heavy (non-hydrogen) atoms. The zero-order valence-corrected chi connectivity index (χ0v) is 16.4. The summed E-state index contributed by atoms with van der Waals surface area (Å²) in [6.07, 6.45) is 5.09. The third kappa shape index (κ3) is 3.25. The van der Waals surface area contributed by atoms with Crippen LogP contribution in [0.1, 0.15) is 0 Å². The Labute approximate surface area is 169 Å². The summed E-state index contributed by atoms with van der Waals surface area (Å²) in [5.41, 5.74) is 0.504. The van der Waals surface area contributed by atoms with Gasteiger partial charge < -0.3 is 14.5 Å². The number of hydrogen-bond acceptors (Lipinski definition) is 4. The Hall–Kier alpha value is -3.59. The summed E-state index contributed by atoms with van der Waals surface area (Å²) in [6.45, 7) is -0.430. The lowest BCUT2D eigenvalue weighted by Gasteiger charge is -2.13. The van der Waals surface area contributed by atoms with Crippen molar-refractivity contribution in [3.05, 3.63) is 74.9 Å². The smallest absolute Gasteiger partial charge is 0.328 e. The molecule has 0 aliphatic carbocycles. The van der Waals surface area contributed by atoms with Gasteiger partial charge in [0.15, 0.2) is 11.2 Å². The number of fused-ring (bicyclic) bond motifs is 1. The minimum absolute atomic E-state index is 0.249. The predicted molar refractivity (Wildman–Crippen MR) is 110 cm³/mol. The van der Waals surface area contributed by atoms with Crippen molar-refractivity contribution in [2.75, 3.05) is 5.32 Å². The maximum Gasteiger partial charge on any atom is 0.332 e. The van der Waals surface area contributed by atoms with E-state index >= 15 is 0 Å². The normalized spacial score (nSPS) is 11.1. The molecule has 0 atom stereocenters. The van der Waals surface area contributed by atoms with Gasteiger partial charge in [-0.25, -0.2) is 14.3 Å². The quantitative estimate of drug-likeness (QED) is 0.549. The summed E-state index contributed by atoms with van der Waals surface area (Å²) in [5.74, 6) is -0.513. The van der Waals surface area contributed by atoms with Crippen LogP contribution in [-0.2, 0) is 25.4 Å². The number of halogens is 1. The van der Waals surface area contributed by atoms with E-state index in [1.165, 1.54) is 22.5 Å². The molecular formula is C19H17ClN6O3. The van der Waals surface area contributed by atoms with Gasteiger partial charge in [0.1, 0.15) is 6.54 Å². The fourth-order valence-electron chi connectivity index (χ4n) is 3.19. The van der Waals surface area contributed by atoms with Crippen molar-refractivity contribution in [3.8, 4) is 5.69 Å². The lowest BCUT2D eigenvalue weighted by Crippen LogP contribution is -2.42. The van der Waals surface area contributed by atoms with Gasteiger partial charge in [0.05, 0.1) is 17.7 Å². The number of imidazole rings is 1. The van der Waals surface area contributed by atoms with Gasteiger partial charge >= 0.3 is 5.69 Å². The van der Waals surface area contributed by atoms with Gasteiger partial charge in [-0.3, -0.25) is 14.2 Å². The second-order valence-electron chi connectivity index (χ2n) is 6.56. The largest absolute Gasteiger partial charge is 0.332 e. The molecule has 0 spiro atoms. The van der Waals surface area contributed by atoms with E-state index < -0.39 is 23.7 Å². The molecule has 0 bridgehead atoms. The van der Waals surface area contributed by atoms with E-state index in [0.29, 0.717) is 16.4 Å². The molecule has 10 heteroatoms. The average molecular weight is 413 g/mol. The summed E-state index contributed by atoms with van der Waals surface area (Å²) >= 11 is 6.09. The van der Waals surface area contributed by atoms with Crippen LogP contribution in [0.3, 0.4) is 0 Å². The van der Waals surface area contributed by atoms with Crippen molar-refractivity contribution in [3.63, 3.8) is 0 Å². The highest BCUT2D eigenvalue weighted by atomic mass is 35.5. The maximum absolute atomic E-state index is 12.8. The third-order valence-electron chi connectivity index (χ3n) is 4.62. The van der Waals surface area contributed by atoms with E-state index in [9.17, 15) is 14.4 Å². The molecule has 1 N–H and O–H groups in total. The molecular weight excluding hydrogens is 396 g/mol. The molecule has 148 valence electrons. The number of benzene rings is 1. The molecule has 0 fully saturated rings. The van der Waals surface area contributed by atoms with Gasteiger partial charge in [0.2, 0.25) is 5.91 Å². The van der Waals surface area contributed by atoms with Crippen molar-refractivity contribution in [2.45, 2.75) is 6.54 Å². The lowest BCUT2D eigenvalue weighted by molar-refractivity contribution is -0.116. The first-order valence-electron chi connectivity index (χ1n) is 8.70. The Bertz CT molecular complexity index is 1350. The number of aromatic nitrogens is 5. The summed E-state index contributed by atoms with van der Waals surface area (Å²) in [6, 6.07) is 8.72. The number of carbonyl (C=O) groups excluding carboxylic acids is 1. The monoisotopic (exact) mass is 412 g/mol. The van der Waals surface area contributed by atoms with Crippen LogP contribution >= 0.6 is 11.6 Å². The van der Waals surface area contributed by atoms with Gasteiger partial charge in [0.25, 0.3) is 5.56 Å². The standard InChI is InChI=1S/C19H17ClN6O3/c1-23-11-21-17-16(23)18(28)26(19(29)24(17)2)10-15(27)22-13-6-5-12(20)9-14(13)25-7-3-4-8-25/h3-9,11H,10H2,1-2H3,(H,22,27). The molecule has 0 aliphatic heterocycles. The molecule has 4 rings (SSSR count). The minimum Gasteiger partial charge on any atom is -0.328 e. The molecule has 3 aromatic heterocycles. The lowest BCUT2D eigenvalue weighted by atomic mass is 10.2. The molecule has 1 aromatic carbocycles. The summed E-state index contributed by atoms with van der Waals surface area (Å²) < 4.78 is 5.46. The number of aryl methyl sites for hydroxylation is 2.